The Bertz CT molecular complexity index is 785. The van der Waals surface area contributed by atoms with Crippen LogP contribution in [0, 0.1) is 5.92 Å². The van der Waals surface area contributed by atoms with E-state index in [4.69, 9.17) is 15.6 Å². The summed E-state index contributed by atoms with van der Waals surface area (Å²) in [5.41, 5.74) is 11.0. The van der Waals surface area contributed by atoms with Gasteiger partial charge in [-0.2, -0.15) is 0 Å². The van der Waals surface area contributed by atoms with Gasteiger partial charge in [-0.3, -0.25) is 9.59 Å². The summed E-state index contributed by atoms with van der Waals surface area (Å²) in [6, 6.07) is 14.1. The van der Waals surface area contributed by atoms with Gasteiger partial charge in [0.1, 0.15) is 6.61 Å². The van der Waals surface area contributed by atoms with Gasteiger partial charge in [0, 0.05) is 0 Å². The van der Waals surface area contributed by atoms with E-state index in [-0.39, 0.29) is 19.6 Å². The van der Waals surface area contributed by atoms with Crippen LogP contribution in [0.4, 0.5) is 0 Å². The monoisotopic (exact) mass is 325 g/mol. The Balaban J connectivity index is 1.76. The lowest BCUT2D eigenvalue weighted by Crippen LogP contribution is -2.28. The van der Waals surface area contributed by atoms with Crippen molar-refractivity contribution in [2.75, 3.05) is 6.54 Å². The number of benzene rings is 2. The van der Waals surface area contributed by atoms with E-state index in [0.717, 1.165) is 23.1 Å². The maximum atomic E-state index is 12.0. The normalized spacial score (nSPS) is 13.0. The number of carboxylic acid groups (broad SMARTS) is 1. The van der Waals surface area contributed by atoms with E-state index in [0.29, 0.717) is 0 Å². The van der Waals surface area contributed by atoms with Crippen LogP contribution in [0.25, 0.3) is 11.1 Å². The van der Waals surface area contributed by atoms with E-state index in [9.17, 15) is 9.59 Å². The second-order valence-electron chi connectivity index (χ2n) is 5.85. The van der Waals surface area contributed by atoms with Crippen LogP contribution in [-0.4, -0.2) is 23.6 Å². The van der Waals surface area contributed by atoms with Crippen LogP contribution in [0.3, 0.4) is 0 Å². The van der Waals surface area contributed by atoms with Gasteiger partial charge >= 0.3 is 11.9 Å². The fourth-order valence-electron chi connectivity index (χ4n) is 3.12. The molecule has 0 aliphatic heterocycles. The lowest BCUT2D eigenvalue weighted by atomic mass is 10.0. The van der Waals surface area contributed by atoms with Crippen molar-refractivity contribution in [2.45, 2.75) is 19.4 Å². The Hall–Kier alpha value is -2.66. The zero-order valence-electron chi connectivity index (χ0n) is 13.2. The molecule has 1 aliphatic rings. The molecule has 2 aromatic carbocycles. The van der Waals surface area contributed by atoms with E-state index in [1.165, 1.54) is 11.1 Å². The molecule has 1 unspecified atom stereocenters. The van der Waals surface area contributed by atoms with Gasteiger partial charge in [0.25, 0.3) is 0 Å². The summed E-state index contributed by atoms with van der Waals surface area (Å²) in [6.45, 7) is 0.201. The van der Waals surface area contributed by atoms with Crippen molar-refractivity contribution in [1.29, 1.82) is 0 Å². The van der Waals surface area contributed by atoms with Crippen molar-refractivity contribution in [3.05, 3.63) is 59.2 Å². The van der Waals surface area contributed by atoms with Crippen molar-refractivity contribution in [1.82, 2.24) is 0 Å². The number of carbonyl (C=O) groups is 2. The van der Waals surface area contributed by atoms with Gasteiger partial charge < -0.3 is 15.6 Å². The second kappa shape index (κ2) is 6.84. The number of ether oxygens (including phenoxy) is 1. The molecule has 1 atom stereocenters. The number of fused-ring (bicyclic) bond motifs is 3. The molecule has 2 aromatic rings. The van der Waals surface area contributed by atoms with Gasteiger partial charge in [0.05, 0.1) is 0 Å². The van der Waals surface area contributed by atoms with E-state index in [1.54, 1.807) is 0 Å². The Morgan fingerprint density at radius 2 is 1.88 bits per heavy atom. The Kier molecular flexibility index (Phi) is 4.62. The SMILES string of the molecule is NCCC(C(=O)O)C(=O)OCc1cccc2c1Cc1ccccc1-2. The third-order valence-corrected chi connectivity index (χ3v) is 4.36. The van der Waals surface area contributed by atoms with Crippen molar-refractivity contribution in [2.24, 2.45) is 11.7 Å². The first-order chi connectivity index (χ1) is 11.6. The molecule has 1 aliphatic carbocycles. The minimum absolute atomic E-state index is 0.0738. The molecule has 5 heteroatoms. The number of rotatable bonds is 6. The average Bonchev–Trinajstić information content (AvgIpc) is 2.96. The number of hydrogen-bond acceptors (Lipinski definition) is 4. The van der Waals surface area contributed by atoms with Crippen molar-refractivity contribution in [3.63, 3.8) is 0 Å². The summed E-state index contributed by atoms with van der Waals surface area (Å²) < 4.78 is 5.25. The van der Waals surface area contributed by atoms with Crippen LogP contribution in [0.2, 0.25) is 0 Å². The average molecular weight is 325 g/mol. The molecule has 3 N–H and O–H groups in total. The summed E-state index contributed by atoms with van der Waals surface area (Å²) in [6.07, 6.45) is 0.872. The van der Waals surface area contributed by atoms with Crippen LogP contribution in [-0.2, 0) is 27.4 Å². The lowest BCUT2D eigenvalue weighted by Gasteiger charge is -2.13. The van der Waals surface area contributed by atoms with E-state index < -0.39 is 17.9 Å². The van der Waals surface area contributed by atoms with Crippen molar-refractivity contribution < 1.29 is 19.4 Å². The highest BCUT2D eigenvalue weighted by atomic mass is 16.5. The molecular formula is C19H19NO4. The van der Waals surface area contributed by atoms with Gasteiger partial charge in [-0.25, -0.2) is 0 Å². The maximum Gasteiger partial charge on any atom is 0.320 e. The topological polar surface area (TPSA) is 89.6 Å². The third kappa shape index (κ3) is 3.03. The molecule has 0 saturated carbocycles. The zero-order valence-corrected chi connectivity index (χ0v) is 13.2. The first-order valence-electron chi connectivity index (χ1n) is 7.90. The smallest absolute Gasteiger partial charge is 0.320 e. The standard InChI is InChI=1S/C19H19NO4/c20-9-8-16(18(21)22)19(23)24-11-13-5-3-7-15-14-6-2-1-4-12(14)10-17(13)15/h1-7,16H,8-11,20H2,(H,21,22). The number of esters is 1. The quantitative estimate of drug-likeness (QED) is 0.536. The molecule has 5 nitrogen and oxygen atoms in total. The summed E-state index contributed by atoms with van der Waals surface area (Å²) in [5.74, 6) is -3.14. The fraction of sp³-hybridized carbons (Fsp3) is 0.263. The molecule has 0 aromatic heterocycles. The van der Waals surface area contributed by atoms with Gasteiger partial charge in [-0.05, 0) is 47.2 Å². The predicted octanol–water partition coefficient (Wildman–Crippen LogP) is 2.35. The van der Waals surface area contributed by atoms with Crippen molar-refractivity contribution in [3.8, 4) is 11.1 Å². The Labute approximate surface area is 140 Å². The molecular weight excluding hydrogens is 306 g/mol. The summed E-state index contributed by atoms with van der Waals surface area (Å²) >= 11 is 0. The van der Waals surface area contributed by atoms with Crippen molar-refractivity contribution >= 4 is 11.9 Å². The largest absolute Gasteiger partial charge is 0.481 e. The van der Waals surface area contributed by atoms with Gasteiger partial charge in [-0.15, -0.1) is 0 Å². The Morgan fingerprint density at radius 1 is 1.12 bits per heavy atom. The maximum absolute atomic E-state index is 12.0. The Morgan fingerprint density at radius 3 is 2.62 bits per heavy atom. The van der Waals surface area contributed by atoms with Gasteiger partial charge in [-0.1, -0.05) is 42.5 Å². The molecule has 0 spiro atoms. The van der Waals surface area contributed by atoms with E-state index in [1.807, 2.05) is 24.3 Å². The lowest BCUT2D eigenvalue weighted by molar-refractivity contribution is -0.159. The molecule has 0 bridgehead atoms. The number of carbonyl (C=O) groups excluding carboxylic acids is 1. The highest BCUT2D eigenvalue weighted by Gasteiger charge is 2.27. The first-order valence-corrected chi connectivity index (χ1v) is 7.90. The molecule has 0 saturated heterocycles. The minimum atomic E-state index is -1.20. The number of carboxylic acids is 1. The number of nitrogens with two attached hydrogens (primary N) is 1. The van der Waals surface area contributed by atoms with Crippen LogP contribution >= 0.6 is 0 Å². The highest BCUT2D eigenvalue weighted by molar-refractivity contribution is 5.93. The zero-order chi connectivity index (χ0) is 17.1. The van der Waals surface area contributed by atoms with Crippen LogP contribution < -0.4 is 5.73 Å². The fourth-order valence-corrected chi connectivity index (χ4v) is 3.12. The molecule has 3 rings (SSSR count). The summed E-state index contributed by atoms with van der Waals surface area (Å²) in [4.78, 5) is 23.1. The first kappa shape index (κ1) is 16.2. The van der Waals surface area contributed by atoms with E-state index >= 15 is 0 Å². The summed E-state index contributed by atoms with van der Waals surface area (Å²) in [5, 5.41) is 9.09. The summed E-state index contributed by atoms with van der Waals surface area (Å²) in [7, 11) is 0. The number of aliphatic carboxylic acids is 1. The van der Waals surface area contributed by atoms with Crippen LogP contribution in [0.1, 0.15) is 23.1 Å². The van der Waals surface area contributed by atoms with Crippen LogP contribution in [0.15, 0.2) is 42.5 Å². The van der Waals surface area contributed by atoms with Gasteiger partial charge in [0.2, 0.25) is 0 Å². The highest BCUT2D eigenvalue weighted by Crippen LogP contribution is 2.38. The second-order valence-corrected chi connectivity index (χ2v) is 5.85. The van der Waals surface area contributed by atoms with Gasteiger partial charge in [0.15, 0.2) is 5.92 Å². The molecule has 0 radical (unpaired) electrons. The predicted molar refractivity (Wildman–Crippen MR) is 89.3 cm³/mol. The molecule has 0 heterocycles. The molecule has 24 heavy (non-hydrogen) atoms. The minimum Gasteiger partial charge on any atom is -0.481 e. The molecule has 124 valence electrons. The van der Waals surface area contributed by atoms with E-state index in [2.05, 4.69) is 18.2 Å². The third-order valence-electron chi connectivity index (χ3n) is 4.36. The molecule has 0 fully saturated rings. The van der Waals surface area contributed by atoms with Crippen LogP contribution in [0.5, 0.6) is 0 Å². The number of hydrogen-bond donors (Lipinski definition) is 2. The molecule has 0 amide bonds.